The Hall–Kier alpha value is -1.83. The number of para-hydroxylation sites is 1. The van der Waals surface area contributed by atoms with Crippen molar-refractivity contribution in [2.45, 2.75) is 41.5 Å². The van der Waals surface area contributed by atoms with Crippen molar-refractivity contribution in [3.63, 3.8) is 0 Å². The lowest BCUT2D eigenvalue weighted by Crippen LogP contribution is -2.25. The van der Waals surface area contributed by atoms with Gasteiger partial charge in [0.05, 0.1) is 10.6 Å². The maximum atomic E-state index is 12.2. The summed E-state index contributed by atoms with van der Waals surface area (Å²) < 4.78 is 27.0. The van der Waals surface area contributed by atoms with Crippen LogP contribution >= 0.6 is 11.8 Å². The zero-order chi connectivity index (χ0) is 18.6. The lowest BCUT2D eigenvalue weighted by Gasteiger charge is -2.09. The molecule has 3 rings (SSSR count). The molecule has 1 aliphatic rings. The van der Waals surface area contributed by atoms with Crippen LogP contribution in [0.1, 0.15) is 24.8 Å². The molecule has 1 aliphatic carbocycles. The normalized spacial score (nSPS) is 14.2. The molecule has 138 valence electrons. The highest BCUT2D eigenvalue weighted by Gasteiger charge is 2.27. The van der Waals surface area contributed by atoms with E-state index in [0.717, 1.165) is 29.0 Å². The lowest BCUT2D eigenvalue weighted by molar-refractivity contribution is -0.116. The van der Waals surface area contributed by atoms with Gasteiger partial charge in [-0.1, -0.05) is 24.3 Å². The minimum atomic E-state index is -3.43. The standard InChI is InChI=1S/C19H22N2O3S2/c1-25-18-5-3-2-4-17(18)20-19(22)13-8-14-6-11-16(12-7-14)26(23,24)21-15-9-10-15/h2-7,11-12,15,21H,8-10,13H2,1H3,(H,20,22). The van der Waals surface area contributed by atoms with Crippen LogP contribution in [0.3, 0.4) is 0 Å². The fourth-order valence-corrected chi connectivity index (χ4v) is 4.40. The molecule has 0 unspecified atom stereocenters. The fourth-order valence-electron chi connectivity index (χ4n) is 2.54. The van der Waals surface area contributed by atoms with E-state index < -0.39 is 10.0 Å². The van der Waals surface area contributed by atoms with E-state index >= 15 is 0 Å². The molecule has 5 nitrogen and oxygen atoms in total. The summed E-state index contributed by atoms with van der Waals surface area (Å²) >= 11 is 1.59. The molecule has 1 amide bonds. The molecule has 0 aromatic heterocycles. The predicted molar refractivity (Wildman–Crippen MR) is 105 cm³/mol. The Kier molecular flexibility index (Phi) is 6.01. The Morgan fingerprint density at radius 3 is 2.46 bits per heavy atom. The number of anilines is 1. The molecule has 0 saturated heterocycles. The highest BCUT2D eigenvalue weighted by atomic mass is 32.2. The Labute approximate surface area is 158 Å². The topological polar surface area (TPSA) is 75.3 Å². The summed E-state index contributed by atoms with van der Waals surface area (Å²) in [5.41, 5.74) is 1.75. The summed E-state index contributed by atoms with van der Waals surface area (Å²) in [6.07, 6.45) is 4.69. The van der Waals surface area contributed by atoms with Crippen LogP contribution in [-0.4, -0.2) is 26.6 Å². The van der Waals surface area contributed by atoms with Gasteiger partial charge < -0.3 is 5.32 Å². The minimum absolute atomic E-state index is 0.0569. The average molecular weight is 391 g/mol. The van der Waals surface area contributed by atoms with E-state index in [9.17, 15) is 13.2 Å². The molecule has 0 aliphatic heterocycles. The van der Waals surface area contributed by atoms with Gasteiger partial charge >= 0.3 is 0 Å². The van der Waals surface area contributed by atoms with Crippen LogP contribution in [0.2, 0.25) is 0 Å². The predicted octanol–water partition coefficient (Wildman–Crippen LogP) is 3.42. The smallest absolute Gasteiger partial charge is 0.240 e. The molecule has 0 heterocycles. The summed E-state index contributed by atoms with van der Waals surface area (Å²) in [5.74, 6) is -0.0569. The van der Waals surface area contributed by atoms with Crippen LogP contribution in [0.15, 0.2) is 58.3 Å². The van der Waals surface area contributed by atoms with E-state index in [0.29, 0.717) is 12.8 Å². The Balaban J connectivity index is 1.55. The first kappa shape index (κ1) is 18.9. The third-order valence-electron chi connectivity index (χ3n) is 4.15. The summed E-state index contributed by atoms with van der Waals surface area (Å²) in [7, 11) is -3.43. The van der Waals surface area contributed by atoms with Gasteiger partial charge in [-0.05, 0) is 55.3 Å². The van der Waals surface area contributed by atoms with Crippen molar-refractivity contribution in [2.24, 2.45) is 0 Å². The first-order chi connectivity index (χ1) is 12.5. The van der Waals surface area contributed by atoms with E-state index in [4.69, 9.17) is 0 Å². The number of rotatable bonds is 8. The number of carbonyl (C=O) groups is 1. The molecule has 2 aromatic carbocycles. The van der Waals surface area contributed by atoms with Crippen molar-refractivity contribution in [3.05, 3.63) is 54.1 Å². The van der Waals surface area contributed by atoms with Crippen LogP contribution in [-0.2, 0) is 21.2 Å². The number of sulfonamides is 1. The summed E-state index contributed by atoms with van der Waals surface area (Å²) in [5, 5.41) is 2.93. The monoisotopic (exact) mass is 390 g/mol. The van der Waals surface area contributed by atoms with Crippen molar-refractivity contribution < 1.29 is 13.2 Å². The SMILES string of the molecule is CSc1ccccc1NC(=O)CCc1ccc(S(=O)(=O)NC2CC2)cc1. The van der Waals surface area contributed by atoms with E-state index in [-0.39, 0.29) is 16.8 Å². The van der Waals surface area contributed by atoms with Crippen molar-refractivity contribution in [2.75, 3.05) is 11.6 Å². The van der Waals surface area contributed by atoms with Crippen LogP contribution in [0.25, 0.3) is 0 Å². The van der Waals surface area contributed by atoms with Gasteiger partial charge in [0.15, 0.2) is 0 Å². The van der Waals surface area contributed by atoms with Crippen LogP contribution in [0, 0.1) is 0 Å². The largest absolute Gasteiger partial charge is 0.325 e. The number of benzene rings is 2. The molecule has 0 radical (unpaired) electrons. The van der Waals surface area contributed by atoms with Gasteiger partial charge in [0.2, 0.25) is 15.9 Å². The van der Waals surface area contributed by atoms with Gasteiger partial charge in [-0.25, -0.2) is 13.1 Å². The number of amides is 1. The van der Waals surface area contributed by atoms with E-state index in [1.165, 1.54) is 0 Å². The molecular weight excluding hydrogens is 368 g/mol. The molecule has 2 N–H and O–H groups in total. The second-order valence-corrected chi connectivity index (χ2v) is 8.85. The maximum Gasteiger partial charge on any atom is 0.240 e. The number of nitrogens with one attached hydrogen (secondary N) is 2. The first-order valence-corrected chi connectivity index (χ1v) is 11.2. The zero-order valence-electron chi connectivity index (χ0n) is 14.6. The second-order valence-electron chi connectivity index (χ2n) is 6.29. The summed E-state index contributed by atoms with van der Waals surface area (Å²) in [6.45, 7) is 0. The van der Waals surface area contributed by atoms with Crippen molar-refractivity contribution >= 4 is 33.4 Å². The van der Waals surface area contributed by atoms with E-state index in [2.05, 4.69) is 10.0 Å². The first-order valence-electron chi connectivity index (χ1n) is 8.52. The lowest BCUT2D eigenvalue weighted by atomic mass is 10.1. The quantitative estimate of drug-likeness (QED) is 0.677. The molecule has 0 bridgehead atoms. The Bertz CT molecular complexity index is 876. The van der Waals surface area contributed by atoms with Crippen LogP contribution < -0.4 is 10.0 Å². The summed E-state index contributed by atoms with van der Waals surface area (Å²) in [4.78, 5) is 13.5. The number of thioether (sulfide) groups is 1. The van der Waals surface area contributed by atoms with Gasteiger partial charge in [0.1, 0.15) is 0 Å². The Morgan fingerprint density at radius 1 is 1.12 bits per heavy atom. The fraction of sp³-hybridized carbons (Fsp3) is 0.316. The molecular formula is C19H22N2O3S2. The summed E-state index contributed by atoms with van der Waals surface area (Å²) in [6, 6.07) is 14.5. The zero-order valence-corrected chi connectivity index (χ0v) is 16.2. The molecule has 26 heavy (non-hydrogen) atoms. The Morgan fingerprint density at radius 2 is 1.81 bits per heavy atom. The average Bonchev–Trinajstić information content (AvgIpc) is 3.44. The van der Waals surface area contributed by atoms with Gasteiger partial charge in [-0.3, -0.25) is 4.79 Å². The second kappa shape index (κ2) is 8.24. The molecule has 0 spiro atoms. The van der Waals surface area contributed by atoms with Gasteiger partial charge in [-0.15, -0.1) is 11.8 Å². The van der Waals surface area contributed by atoms with Crippen molar-refractivity contribution in [1.82, 2.24) is 4.72 Å². The molecule has 0 atom stereocenters. The van der Waals surface area contributed by atoms with Gasteiger partial charge in [0, 0.05) is 17.4 Å². The number of carbonyl (C=O) groups excluding carboxylic acids is 1. The highest BCUT2D eigenvalue weighted by Crippen LogP contribution is 2.25. The highest BCUT2D eigenvalue weighted by molar-refractivity contribution is 7.98. The molecule has 1 saturated carbocycles. The molecule has 2 aromatic rings. The minimum Gasteiger partial charge on any atom is -0.325 e. The number of aryl methyl sites for hydroxylation is 1. The van der Waals surface area contributed by atoms with E-state index in [1.54, 1.807) is 36.0 Å². The molecule has 7 heteroatoms. The van der Waals surface area contributed by atoms with Crippen LogP contribution in [0.5, 0.6) is 0 Å². The van der Waals surface area contributed by atoms with Gasteiger partial charge in [-0.2, -0.15) is 0 Å². The van der Waals surface area contributed by atoms with Gasteiger partial charge in [0.25, 0.3) is 0 Å². The maximum absolute atomic E-state index is 12.2. The molecule has 1 fully saturated rings. The third kappa shape index (κ3) is 5.09. The number of hydrogen-bond donors (Lipinski definition) is 2. The van der Waals surface area contributed by atoms with Crippen LogP contribution in [0.4, 0.5) is 5.69 Å². The van der Waals surface area contributed by atoms with Crippen molar-refractivity contribution in [3.8, 4) is 0 Å². The third-order valence-corrected chi connectivity index (χ3v) is 6.49. The number of hydrogen-bond acceptors (Lipinski definition) is 4. The van der Waals surface area contributed by atoms with E-state index in [1.807, 2.05) is 30.5 Å². The van der Waals surface area contributed by atoms with Crippen molar-refractivity contribution in [1.29, 1.82) is 0 Å².